The standard InChI is InChI=1S/C11H17N3O2S/c1-2-12-11-9-10(3-4-13-11)14-5-7-17(15,16)8-6-14/h3-4,9H,2,5-8H2,1H3,(H,12,13). The smallest absolute Gasteiger partial charge is 0.153 e. The van der Waals surface area contributed by atoms with Crippen LogP contribution in [0.4, 0.5) is 11.5 Å². The second-order valence-electron chi connectivity index (χ2n) is 4.07. The SMILES string of the molecule is CCNc1cc(N2CCS(=O)(=O)CC2)ccn1. The zero-order valence-corrected chi connectivity index (χ0v) is 10.7. The Morgan fingerprint density at radius 3 is 2.76 bits per heavy atom. The minimum absolute atomic E-state index is 0.242. The second kappa shape index (κ2) is 4.91. The molecule has 0 aliphatic carbocycles. The van der Waals surface area contributed by atoms with Crippen molar-refractivity contribution in [1.29, 1.82) is 0 Å². The Morgan fingerprint density at radius 1 is 1.41 bits per heavy atom. The maximum absolute atomic E-state index is 11.3. The molecule has 94 valence electrons. The number of nitrogens with one attached hydrogen (secondary N) is 1. The van der Waals surface area contributed by atoms with Gasteiger partial charge in [-0.2, -0.15) is 0 Å². The summed E-state index contributed by atoms with van der Waals surface area (Å²) in [5.74, 6) is 1.32. The first kappa shape index (κ1) is 12.2. The quantitative estimate of drug-likeness (QED) is 0.863. The third-order valence-corrected chi connectivity index (χ3v) is 4.42. The van der Waals surface area contributed by atoms with E-state index in [1.807, 2.05) is 19.1 Å². The van der Waals surface area contributed by atoms with Crippen LogP contribution in [0.3, 0.4) is 0 Å². The van der Waals surface area contributed by atoms with Gasteiger partial charge in [0.05, 0.1) is 11.5 Å². The van der Waals surface area contributed by atoms with Gasteiger partial charge in [-0.15, -0.1) is 0 Å². The molecule has 0 amide bonds. The average molecular weight is 255 g/mol. The fourth-order valence-corrected chi connectivity index (χ4v) is 3.07. The molecule has 1 saturated heterocycles. The van der Waals surface area contributed by atoms with Crippen LogP contribution in [0, 0.1) is 0 Å². The summed E-state index contributed by atoms with van der Waals surface area (Å²) in [7, 11) is -2.82. The highest BCUT2D eigenvalue weighted by Gasteiger charge is 2.21. The van der Waals surface area contributed by atoms with E-state index < -0.39 is 9.84 Å². The largest absolute Gasteiger partial charge is 0.370 e. The number of nitrogens with zero attached hydrogens (tertiary/aromatic N) is 2. The fourth-order valence-electron chi connectivity index (χ4n) is 1.86. The Morgan fingerprint density at radius 2 is 2.12 bits per heavy atom. The highest BCUT2D eigenvalue weighted by Crippen LogP contribution is 2.19. The Hall–Kier alpha value is -1.30. The van der Waals surface area contributed by atoms with Gasteiger partial charge in [-0.05, 0) is 13.0 Å². The lowest BCUT2D eigenvalue weighted by Crippen LogP contribution is -2.40. The summed E-state index contributed by atoms with van der Waals surface area (Å²) in [6.07, 6.45) is 1.75. The Labute approximate surface area is 102 Å². The summed E-state index contributed by atoms with van der Waals surface area (Å²) in [6, 6.07) is 3.88. The van der Waals surface area contributed by atoms with Gasteiger partial charge >= 0.3 is 0 Å². The highest BCUT2D eigenvalue weighted by atomic mass is 32.2. The molecule has 1 aromatic heterocycles. The number of rotatable bonds is 3. The van der Waals surface area contributed by atoms with E-state index in [-0.39, 0.29) is 11.5 Å². The number of pyridine rings is 1. The number of hydrogen-bond acceptors (Lipinski definition) is 5. The van der Waals surface area contributed by atoms with Crippen molar-refractivity contribution < 1.29 is 8.42 Å². The van der Waals surface area contributed by atoms with E-state index in [2.05, 4.69) is 15.2 Å². The van der Waals surface area contributed by atoms with E-state index in [1.165, 1.54) is 0 Å². The number of sulfone groups is 1. The minimum atomic E-state index is -2.82. The molecule has 17 heavy (non-hydrogen) atoms. The minimum Gasteiger partial charge on any atom is -0.370 e. The van der Waals surface area contributed by atoms with Crippen molar-refractivity contribution in [3.05, 3.63) is 18.3 Å². The van der Waals surface area contributed by atoms with Gasteiger partial charge < -0.3 is 10.2 Å². The van der Waals surface area contributed by atoms with E-state index in [0.717, 1.165) is 18.1 Å². The third-order valence-electron chi connectivity index (χ3n) is 2.81. The first-order valence-corrected chi connectivity index (χ1v) is 7.58. The molecule has 0 aromatic carbocycles. The predicted molar refractivity (Wildman–Crippen MR) is 69.3 cm³/mol. The monoisotopic (exact) mass is 255 g/mol. The van der Waals surface area contributed by atoms with Crippen molar-refractivity contribution in [1.82, 2.24) is 4.98 Å². The Bertz CT molecular complexity index is 473. The molecule has 0 spiro atoms. The molecule has 1 aliphatic heterocycles. The predicted octanol–water partition coefficient (Wildman–Crippen LogP) is 0.748. The molecule has 0 atom stereocenters. The summed E-state index contributed by atoms with van der Waals surface area (Å²) in [5.41, 5.74) is 1.03. The number of hydrogen-bond donors (Lipinski definition) is 1. The van der Waals surface area contributed by atoms with Gasteiger partial charge in [0, 0.05) is 37.6 Å². The molecule has 0 unspecified atom stereocenters. The van der Waals surface area contributed by atoms with Crippen LogP contribution in [0.15, 0.2) is 18.3 Å². The maximum atomic E-state index is 11.3. The van der Waals surface area contributed by atoms with Gasteiger partial charge in [-0.3, -0.25) is 0 Å². The van der Waals surface area contributed by atoms with Crippen LogP contribution in [0.1, 0.15) is 6.92 Å². The van der Waals surface area contributed by atoms with Crippen molar-refractivity contribution in [2.45, 2.75) is 6.92 Å². The molecule has 0 saturated carbocycles. The molecule has 5 nitrogen and oxygen atoms in total. The van der Waals surface area contributed by atoms with E-state index in [9.17, 15) is 8.42 Å². The highest BCUT2D eigenvalue weighted by molar-refractivity contribution is 7.91. The van der Waals surface area contributed by atoms with E-state index in [0.29, 0.717) is 13.1 Å². The summed E-state index contributed by atoms with van der Waals surface area (Å²) < 4.78 is 22.7. The Balaban J connectivity index is 2.10. The van der Waals surface area contributed by atoms with Crippen LogP contribution in [-0.2, 0) is 9.84 Å². The summed E-state index contributed by atoms with van der Waals surface area (Å²) in [6.45, 7) is 3.97. The number of anilines is 2. The van der Waals surface area contributed by atoms with Crippen molar-refractivity contribution in [3.63, 3.8) is 0 Å². The molecular formula is C11H17N3O2S. The van der Waals surface area contributed by atoms with Crippen LogP contribution in [-0.4, -0.2) is 44.5 Å². The summed E-state index contributed by atoms with van der Waals surface area (Å²) >= 11 is 0. The van der Waals surface area contributed by atoms with Crippen molar-refractivity contribution in [3.8, 4) is 0 Å². The zero-order chi connectivity index (χ0) is 12.3. The lowest BCUT2D eigenvalue weighted by Gasteiger charge is -2.28. The first-order valence-electron chi connectivity index (χ1n) is 5.76. The fraction of sp³-hybridized carbons (Fsp3) is 0.545. The molecule has 2 rings (SSSR count). The van der Waals surface area contributed by atoms with Gasteiger partial charge in [-0.1, -0.05) is 0 Å². The molecule has 1 aromatic rings. The van der Waals surface area contributed by atoms with Crippen LogP contribution in [0.2, 0.25) is 0 Å². The first-order chi connectivity index (χ1) is 8.11. The maximum Gasteiger partial charge on any atom is 0.153 e. The topological polar surface area (TPSA) is 62.3 Å². The van der Waals surface area contributed by atoms with Gasteiger partial charge in [0.25, 0.3) is 0 Å². The van der Waals surface area contributed by atoms with Crippen LogP contribution in [0.5, 0.6) is 0 Å². The third kappa shape index (κ3) is 3.09. The number of aromatic nitrogens is 1. The molecule has 1 aliphatic rings. The van der Waals surface area contributed by atoms with Crippen LogP contribution in [0.25, 0.3) is 0 Å². The molecular weight excluding hydrogens is 238 g/mol. The van der Waals surface area contributed by atoms with Crippen molar-refractivity contribution in [2.24, 2.45) is 0 Å². The van der Waals surface area contributed by atoms with Gasteiger partial charge in [0.1, 0.15) is 5.82 Å². The summed E-state index contributed by atoms with van der Waals surface area (Å²) in [5, 5.41) is 3.15. The molecule has 0 bridgehead atoms. The van der Waals surface area contributed by atoms with E-state index >= 15 is 0 Å². The van der Waals surface area contributed by atoms with E-state index in [4.69, 9.17) is 0 Å². The molecule has 1 fully saturated rings. The second-order valence-corrected chi connectivity index (χ2v) is 6.37. The van der Waals surface area contributed by atoms with E-state index in [1.54, 1.807) is 6.20 Å². The Kier molecular flexibility index (Phi) is 3.51. The molecule has 6 heteroatoms. The zero-order valence-electron chi connectivity index (χ0n) is 9.89. The van der Waals surface area contributed by atoms with Crippen molar-refractivity contribution in [2.75, 3.05) is 41.4 Å². The van der Waals surface area contributed by atoms with Gasteiger partial charge in [-0.25, -0.2) is 13.4 Å². The summed E-state index contributed by atoms with van der Waals surface area (Å²) in [4.78, 5) is 6.28. The molecule has 2 heterocycles. The van der Waals surface area contributed by atoms with Crippen LogP contribution < -0.4 is 10.2 Å². The lowest BCUT2D eigenvalue weighted by atomic mass is 10.3. The van der Waals surface area contributed by atoms with Gasteiger partial charge in [0.2, 0.25) is 0 Å². The molecule has 0 radical (unpaired) electrons. The molecule has 1 N–H and O–H groups in total. The van der Waals surface area contributed by atoms with Crippen molar-refractivity contribution >= 4 is 21.3 Å². The van der Waals surface area contributed by atoms with Gasteiger partial charge in [0.15, 0.2) is 9.84 Å². The lowest BCUT2D eigenvalue weighted by molar-refractivity contribution is 0.587. The normalized spacial score (nSPS) is 19.0. The van der Waals surface area contributed by atoms with Crippen LogP contribution >= 0.6 is 0 Å². The average Bonchev–Trinajstić information content (AvgIpc) is 2.30.